The average Bonchev–Trinajstić information content (AvgIpc) is 3.41. The summed E-state index contributed by atoms with van der Waals surface area (Å²) in [6.45, 7) is 1.91. The molecule has 0 fully saturated rings. The zero-order chi connectivity index (χ0) is 22.2. The molecule has 1 N–H and O–H groups in total. The molecule has 0 aliphatic heterocycles. The van der Waals surface area contributed by atoms with Crippen molar-refractivity contribution in [2.45, 2.75) is 17.9 Å². The van der Waals surface area contributed by atoms with Gasteiger partial charge in [0.25, 0.3) is 10.0 Å². The van der Waals surface area contributed by atoms with Gasteiger partial charge in [0, 0.05) is 25.7 Å². The van der Waals surface area contributed by atoms with E-state index < -0.39 is 10.0 Å². The van der Waals surface area contributed by atoms with Gasteiger partial charge in [0.05, 0.1) is 37.3 Å². The minimum absolute atomic E-state index is 0.0132. The highest BCUT2D eigenvalue weighted by atomic mass is 32.2. The molecule has 0 spiro atoms. The SMILES string of the molecule is COc1ccc2cnn(C)c2c1NS(=O)(=O)c1cnn(-c2cc([C@@H](C)OC)ccn2)c1. The van der Waals surface area contributed by atoms with Gasteiger partial charge in [0.2, 0.25) is 0 Å². The van der Waals surface area contributed by atoms with Crippen LogP contribution in [-0.4, -0.2) is 47.2 Å². The second kappa shape index (κ2) is 8.00. The summed E-state index contributed by atoms with van der Waals surface area (Å²) in [5, 5.41) is 9.16. The molecule has 4 rings (SSSR count). The molecule has 0 saturated heterocycles. The van der Waals surface area contributed by atoms with Crippen LogP contribution in [0.5, 0.6) is 5.75 Å². The number of ether oxygens (including phenoxy) is 2. The highest BCUT2D eigenvalue weighted by Crippen LogP contribution is 2.34. The van der Waals surface area contributed by atoms with Gasteiger partial charge in [-0.15, -0.1) is 0 Å². The van der Waals surface area contributed by atoms with Gasteiger partial charge in [0.1, 0.15) is 16.3 Å². The first kappa shape index (κ1) is 20.8. The molecular formula is C20H22N6O4S. The minimum Gasteiger partial charge on any atom is -0.494 e. The first-order valence-corrected chi connectivity index (χ1v) is 10.9. The summed E-state index contributed by atoms with van der Waals surface area (Å²) in [6, 6.07) is 7.14. The molecule has 3 heterocycles. The average molecular weight is 443 g/mol. The van der Waals surface area contributed by atoms with Crippen molar-refractivity contribution in [2.75, 3.05) is 18.9 Å². The smallest absolute Gasteiger partial charge is 0.265 e. The Morgan fingerprint density at radius 1 is 1.13 bits per heavy atom. The molecule has 0 unspecified atom stereocenters. The number of pyridine rings is 1. The molecule has 3 aromatic heterocycles. The molecular weight excluding hydrogens is 420 g/mol. The Balaban J connectivity index is 1.70. The first-order valence-electron chi connectivity index (χ1n) is 9.39. The Bertz CT molecular complexity index is 1340. The van der Waals surface area contributed by atoms with Crippen molar-refractivity contribution >= 4 is 26.6 Å². The topological polar surface area (TPSA) is 113 Å². The van der Waals surface area contributed by atoms with Crippen LogP contribution in [-0.2, 0) is 21.8 Å². The van der Waals surface area contributed by atoms with Crippen molar-refractivity contribution in [2.24, 2.45) is 7.05 Å². The lowest BCUT2D eigenvalue weighted by molar-refractivity contribution is 0.119. The van der Waals surface area contributed by atoms with Crippen LogP contribution in [0.15, 0.2) is 53.9 Å². The predicted octanol–water partition coefficient (Wildman–Crippen LogP) is 2.67. The van der Waals surface area contributed by atoms with E-state index in [1.54, 1.807) is 43.4 Å². The second-order valence-corrected chi connectivity index (χ2v) is 8.58. The van der Waals surface area contributed by atoms with Gasteiger partial charge >= 0.3 is 0 Å². The third-order valence-corrected chi connectivity index (χ3v) is 6.32. The fourth-order valence-electron chi connectivity index (χ4n) is 3.23. The molecule has 0 radical (unpaired) electrons. The van der Waals surface area contributed by atoms with E-state index >= 15 is 0 Å². The molecule has 1 aromatic carbocycles. The molecule has 1 atom stereocenters. The van der Waals surface area contributed by atoms with E-state index in [-0.39, 0.29) is 11.0 Å². The molecule has 11 heteroatoms. The van der Waals surface area contributed by atoms with Crippen molar-refractivity contribution in [3.8, 4) is 11.6 Å². The highest BCUT2D eigenvalue weighted by Gasteiger charge is 2.22. The molecule has 0 aliphatic carbocycles. The Morgan fingerprint density at radius 3 is 2.68 bits per heavy atom. The van der Waals surface area contributed by atoms with E-state index in [9.17, 15) is 8.42 Å². The summed E-state index contributed by atoms with van der Waals surface area (Å²) >= 11 is 0. The number of hydrogen-bond acceptors (Lipinski definition) is 7. The van der Waals surface area contributed by atoms with Crippen LogP contribution in [0.2, 0.25) is 0 Å². The number of hydrogen-bond donors (Lipinski definition) is 1. The normalized spacial score (nSPS) is 12.8. The molecule has 31 heavy (non-hydrogen) atoms. The highest BCUT2D eigenvalue weighted by molar-refractivity contribution is 7.92. The Kier molecular flexibility index (Phi) is 5.38. The third-order valence-electron chi connectivity index (χ3n) is 5.02. The standard InChI is InChI=1S/C20H22N6O4S/c1-13(29-3)14-7-8-21-18(9-14)26-12-16(11-23-26)31(27,28)24-19-17(30-4)6-5-15-10-22-25(2)20(15)19/h5-13,24H,1-4H3/t13-/m1/s1. The van der Waals surface area contributed by atoms with E-state index in [1.807, 2.05) is 19.1 Å². The largest absolute Gasteiger partial charge is 0.494 e. The summed E-state index contributed by atoms with van der Waals surface area (Å²) in [7, 11) is 0.873. The number of benzene rings is 1. The zero-order valence-corrected chi connectivity index (χ0v) is 18.3. The number of anilines is 1. The Labute approximate surface area is 179 Å². The quantitative estimate of drug-likeness (QED) is 0.468. The molecule has 0 amide bonds. The van der Waals surface area contributed by atoms with Crippen LogP contribution in [0.1, 0.15) is 18.6 Å². The van der Waals surface area contributed by atoms with Gasteiger partial charge in [-0.05, 0) is 36.8 Å². The summed E-state index contributed by atoms with van der Waals surface area (Å²) in [4.78, 5) is 4.26. The summed E-state index contributed by atoms with van der Waals surface area (Å²) in [5.41, 5.74) is 1.82. The van der Waals surface area contributed by atoms with Crippen LogP contribution in [0, 0.1) is 0 Å². The van der Waals surface area contributed by atoms with Crippen molar-refractivity contribution in [1.82, 2.24) is 24.5 Å². The van der Waals surface area contributed by atoms with Gasteiger partial charge in [-0.3, -0.25) is 9.40 Å². The van der Waals surface area contributed by atoms with Crippen molar-refractivity contribution < 1.29 is 17.9 Å². The number of nitrogens with zero attached hydrogens (tertiary/aromatic N) is 5. The molecule has 0 bridgehead atoms. The van der Waals surface area contributed by atoms with Gasteiger partial charge in [-0.25, -0.2) is 18.1 Å². The maximum absolute atomic E-state index is 13.1. The number of methoxy groups -OCH3 is 2. The number of nitrogens with one attached hydrogen (secondary N) is 1. The van der Waals surface area contributed by atoms with Gasteiger partial charge in [-0.1, -0.05) is 0 Å². The third kappa shape index (κ3) is 3.84. The summed E-state index contributed by atoms with van der Waals surface area (Å²) in [6.07, 6.45) is 5.83. The van der Waals surface area contributed by atoms with Crippen molar-refractivity contribution in [1.29, 1.82) is 0 Å². The number of aryl methyl sites for hydroxylation is 1. The van der Waals surface area contributed by atoms with Crippen LogP contribution in [0.4, 0.5) is 5.69 Å². The summed E-state index contributed by atoms with van der Waals surface area (Å²) in [5.74, 6) is 0.865. The molecule has 0 aliphatic rings. The number of aromatic nitrogens is 5. The lowest BCUT2D eigenvalue weighted by Gasteiger charge is -2.13. The Morgan fingerprint density at radius 2 is 1.94 bits per heavy atom. The van der Waals surface area contributed by atoms with Crippen molar-refractivity contribution in [3.63, 3.8) is 0 Å². The van der Waals surface area contributed by atoms with Gasteiger partial charge in [0.15, 0.2) is 5.82 Å². The fourth-order valence-corrected chi connectivity index (χ4v) is 4.24. The molecule has 10 nitrogen and oxygen atoms in total. The first-order chi connectivity index (χ1) is 14.8. The van der Waals surface area contributed by atoms with Crippen molar-refractivity contribution in [3.05, 3.63) is 54.6 Å². The predicted molar refractivity (Wildman–Crippen MR) is 115 cm³/mol. The van der Waals surface area contributed by atoms with Gasteiger partial charge < -0.3 is 9.47 Å². The monoisotopic (exact) mass is 442 g/mol. The van der Waals surface area contributed by atoms with Crippen LogP contribution in [0.25, 0.3) is 16.7 Å². The van der Waals surface area contributed by atoms with E-state index in [4.69, 9.17) is 9.47 Å². The fraction of sp³-hybridized carbons (Fsp3) is 0.250. The Hall–Kier alpha value is -3.44. The summed E-state index contributed by atoms with van der Waals surface area (Å²) < 4.78 is 42.6. The lowest BCUT2D eigenvalue weighted by atomic mass is 10.2. The van der Waals surface area contributed by atoms with Crippen LogP contribution >= 0.6 is 0 Å². The number of fused-ring (bicyclic) bond motifs is 1. The van der Waals surface area contributed by atoms with E-state index in [0.717, 1.165) is 10.9 Å². The maximum atomic E-state index is 13.1. The number of rotatable bonds is 7. The van der Waals surface area contributed by atoms with E-state index in [1.165, 1.54) is 24.2 Å². The second-order valence-electron chi connectivity index (χ2n) is 6.90. The van der Waals surface area contributed by atoms with E-state index in [0.29, 0.717) is 22.8 Å². The number of sulfonamides is 1. The lowest BCUT2D eigenvalue weighted by Crippen LogP contribution is -2.14. The van der Waals surface area contributed by atoms with E-state index in [2.05, 4.69) is 19.9 Å². The van der Waals surface area contributed by atoms with Crippen LogP contribution in [0.3, 0.4) is 0 Å². The minimum atomic E-state index is -3.96. The molecule has 162 valence electrons. The zero-order valence-electron chi connectivity index (χ0n) is 17.5. The van der Waals surface area contributed by atoms with Gasteiger partial charge in [-0.2, -0.15) is 10.2 Å². The van der Waals surface area contributed by atoms with Crippen LogP contribution < -0.4 is 9.46 Å². The maximum Gasteiger partial charge on any atom is 0.265 e. The molecule has 0 saturated carbocycles. The molecule has 4 aromatic rings.